The highest BCUT2D eigenvalue weighted by atomic mass is 16.5. The Balaban J connectivity index is 1.81. The zero-order chi connectivity index (χ0) is 15.4. The van der Waals surface area contributed by atoms with Gasteiger partial charge in [-0.25, -0.2) is 0 Å². The molecule has 0 radical (unpaired) electrons. The van der Waals surface area contributed by atoms with Crippen LogP contribution in [-0.4, -0.2) is 48.7 Å². The van der Waals surface area contributed by atoms with E-state index in [1.165, 1.54) is 7.11 Å². The number of aromatic nitrogens is 1. The van der Waals surface area contributed by atoms with Crippen LogP contribution in [0.15, 0.2) is 10.6 Å². The van der Waals surface area contributed by atoms with Crippen LogP contribution in [0.5, 0.6) is 0 Å². The maximum Gasteiger partial charge on any atom is 0.310 e. The van der Waals surface area contributed by atoms with Crippen LogP contribution in [0.3, 0.4) is 0 Å². The molecular formula is C14H21N3O4. The predicted octanol–water partition coefficient (Wildman–Crippen LogP) is 1.23. The standard InChI is InChI=1S/C14H21N3O4/c1-9(2)11-6-13(21-16-11)15-12(18)8-17-5-4-10(7-17)14(19)20-3/h6,9-10H,4-5,7-8H2,1-3H3,(H,15,18). The second-order valence-corrected chi connectivity index (χ2v) is 5.56. The third-order valence-electron chi connectivity index (χ3n) is 3.56. The number of hydrogen-bond donors (Lipinski definition) is 1. The quantitative estimate of drug-likeness (QED) is 0.822. The molecule has 0 aliphatic carbocycles. The highest BCUT2D eigenvalue weighted by molar-refractivity contribution is 5.91. The number of carbonyl (C=O) groups excluding carboxylic acids is 2. The molecule has 21 heavy (non-hydrogen) atoms. The minimum absolute atomic E-state index is 0.138. The summed E-state index contributed by atoms with van der Waals surface area (Å²) in [5.41, 5.74) is 0.803. The number of nitrogens with zero attached hydrogens (tertiary/aromatic N) is 2. The van der Waals surface area contributed by atoms with Crippen molar-refractivity contribution >= 4 is 17.8 Å². The largest absolute Gasteiger partial charge is 0.469 e. The molecule has 0 aromatic carbocycles. The van der Waals surface area contributed by atoms with E-state index >= 15 is 0 Å². The van der Waals surface area contributed by atoms with Gasteiger partial charge in [0.05, 0.1) is 25.3 Å². The van der Waals surface area contributed by atoms with Crippen molar-refractivity contribution in [3.05, 3.63) is 11.8 Å². The van der Waals surface area contributed by atoms with Crippen LogP contribution in [0.4, 0.5) is 5.88 Å². The second-order valence-electron chi connectivity index (χ2n) is 5.56. The fourth-order valence-corrected chi connectivity index (χ4v) is 2.34. The van der Waals surface area contributed by atoms with Gasteiger partial charge in [0.1, 0.15) is 0 Å². The van der Waals surface area contributed by atoms with Crippen LogP contribution >= 0.6 is 0 Å². The fraction of sp³-hybridized carbons (Fsp3) is 0.643. The Morgan fingerprint density at radius 3 is 2.95 bits per heavy atom. The number of anilines is 1. The Morgan fingerprint density at radius 2 is 2.33 bits per heavy atom. The third-order valence-corrected chi connectivity index (χ3v) is 3.56. The van der Waals surface area contributed by atoms with Crippen LogP contribution in [0.2, 0.25) is 0 Å². The van der Waals surface area contributed by atoms with E-state index in [9.17, 15) is 9.59 Å². The first-order valence-corrected chi connectivity index (χ1v) is 7.06. The van der Waals surface area contributed by atoms with E-state index < -0.39 is 0 Å². The van der Waals surface area contributed by atoms with Crippen molar-refractivity contribution in [1.29, 1.82) is 0 Å². The number of esters is 1. The first-order valence-electron chi connectivity index (χ1n) is 7.06. The molecule has 0 bridgehead atoms. The molecule has 1 saturated heterocycles. The molecule has 116 valence electrons. The van der Waals surface area contributed by atoms with E-state index in [4.69, 9.17) is 9.26 Å². The van der Waals surface area contributed by atoms with Crippen LogP contribution in [0.1, 0.15) is 31.9 Å². The Labute approximate surface area is 123 Å². The number of carbonyl (C=O) groups is 2. The molecule has 1 aliphatic heterocycles. The van der Waals surface area contributed by atoms with Crippen molar-refractivity contribution in [2.75, 3.05) is 32.1 Å². The minimum atomic E-state index is -0.213. The summed E-state index contributed by atoms with van der Waals surface area (Å²) in [5, 5.41) is 6.56. The maximum absolute atomic E-state index is 11.9. The molecule has 1 N–H and O–H groups in total. The first kappa shape index (κ1) is 15.5. The lowest BCUT2D eigenvalue weighted by molar-refractivity contribution is -0.145. The van der Waals surface area contributed by atoms with E-state index in [0.717, 1.165) is 12.1 Å². The number of hydrogen-bond acceptors (Lipinski definition) is 6. The number of rotatable bonds is 5. The Bertz CT molecular complexity index is 512. The monoisotopic (exact) mass is 295 g/mol. The summed E-state index contributed by atoms with van der Waals surface area (Å²) >= 11 is 0. The van der Waals surface area contributed by atoms with Crippen molar-refractivity contribution in [3.63, 3.8) is 0 Å². The number of amides is 1. The molecule has 1 amide bonds. The second kappa shape index (κ2) is 6.71. The molecule has 1 aromatic heterocycles. The van der Waals surface area contributed by atoms with Gasteiger partial charge in [0.25, 0.3) is 0 Å². The number of nitrogens with one attached hydrogen (secondary N) is 1. The summed E-state index contributed by atoms with van der Waals surface area (Å²) in [7, 11) is 1.38. The van der Waals surface area contributed by atoms with Crippen LogP contribution in [0.25, 0.3) is 0 Å². The average molecular weight is 295 g/mol. The zero-order valence-electron chi connectivity index (χ0n) is 12.6. The zero-order valence-corrected chi connectivity index (χ0v) is 12.6. The van der Waals surface area contributed by atoms with Crippen molar-refractivity contribution < 1.29 is 18.8 Å². The highest BCUT2D eigenvalue weighted by Gasteiger charge is 2.30. The van der Waals surface area contributed by atoms with Gasteiger partial charge in [-0.15, -0.1) is 0 Å². The molecule has 7 nitrogen and oxygen atoms in total. The minimum Gasteiger partial charge on any atom is -0.469 e. The van der Waals surface area contributed by atoms with Crippen LogP contribution < -0.4 is 5.32 Å². The lowest BCUT2D eigenvalue weighted by Gasteiger charge is -2.14. The number of methoxy groups -OCH3 is 1. The first-order chi connectivity index (χ1) is 9.99. The molecule has 7 heteroatoms. The van der Waals surface area contributed by atoms with Gasteiger partial charge in [-0.2, -0.15) is 0 Å². The normalized spacial score (nSPS) is 19.0. The summed E-state index contributed by atoms with van der Waals surface area (Å²) < 4.78 is 9.78. The summed E-state index contributed by atoms with van der Waals surface area (Å²) in [4.78, 5) is 25.3. The molecule has 1 atom stereocenters. The molecule has 1 unspecified atom stereocenters. The fourth-order valence-electron chi connectivity index (χ4n) is 2.34. The van der Waals surface area contributed by atoms with E-state index in [0.29, 0.717) is 19.0 Å². The Kier molecular flexibility index (Phi) is 4.95. The van der Waals surface area contributed by atoms with E-state index in [1.54, 1.807) is 6.07 Å². The van der Waals surface area contributed by atoms with Crippen LogP contribution in [0, 0.1) is 5.92 Å². The molecule has 2 heterocycles. The van der Waals surface area contributed by atoms with Gasteiger partial charge in [0.2, 0.25) is 11.8 Å². The SMILES string of the molecule is COC(=O)C1CCN(CC(=O)Nc2cc(C(C)C)no2)C1. The number of likely N-dealkylation sites (tertiary alicyclic amines) is 1. The van der Waals surface area contributed by atoms with Crippen molar-refractivity contribution in [1.82, 2.24) is 10.1 Å². The van der Waals surface area contributed by atoms with Gasteiger partial charge in [-0.05, 0) is 18.9 Å². The van der Waals surface area contributed by atoms with Gasteiger partial charge in [-0.3, -0.25) is 19.8 Å². The lowest BCUT2D eigenvalue weighted by Crippen LogP contribution is -2.32. The van der Waals surface area contributed by atoms with Gasteiger partial charge in [-0.1, -0.05) is 19.0 Å². The van der Waals surface area contributed by atoms with E-state index in [2.05, 4.69) is 10.5 Å². The summed E-state index contributed by atoms with van der Waals surface area (Å²) in [6, 6.07) is 1.73. The lowest BCUT2D eigenvalue weighted by atomic mass is 10.1. The molecule has 1 aliphatic rings. The van der Waals surface area contributed by atoms with Crippen LogP contribution in [-0.2, 0) is 14.3 Å². The topological polar surface area (TPSA) is 84.7 Å². The Morgan fingerprint density at radius 1 is 1.57 bits per heavy atom. The molecule has 1 aromatic rings. The van der Waals surface area contributed by atoms with Crippen molar-refractivity contribution in [2.45, 2.75) is 26.2 Å². The Hall–Kier alpha value is -1.89. The molecule has 0 spiro atoms. The van der Waals surface area contributed by atoms with Crippen molar-refractivity contribution in [2.24, 2.45) is 5.92 Å². The average Bonchev–Trinajstić information content (AvgIpc) is 3.07. The maximum atomic E-state index is 11.9. The van der Waals surface area contributed by atoms with Gasteiger partial charge < -0.3 is 9.26 Å². The third kappa shape index (κ3) is 4.04. The number of ether oxygens (including phenoxy) is 1. The summed E-state index contributed by atoms with van der Waals surface area (Å²) in [6.07, 6.45) is 0.722. The molecule has 0 saturated carbocycles. The molecular weight excluding hydrogens is 274 g/mol. The van der Waals surface area contributed by atoms with Crippen molar-refractivity contribution in [3.8, 4) is 0 Å². The summed E-state index contributed by atoms with van der Waals surface area (Å²) in [5.74, 6) is 0.0773. The summed E-state index contributed by atoms with van der Waals surface area (Å²) in [6.45, 7) is 5.49. The van der Waals surface area contributed by atoms with E-state index in [-0.39, 0.29) is 30.3 Å². The highest BCUT2D eigenvalue weighted by Crippen LogP contribution is 2.19. The molecule has 2 rings (SSSR count). The van der Waals surface area contributed by atoms with E-state index in [1.807, 2.05) is 18.7 Å². The molecule has 1 fully saturated rings. The predicted molar refractivity (Wildman–Crippen MR) is 75.8 cm³/mol. The van der Waals surface area contributed by atoms with Gasteiger partial charge >= 0.3 is 5.97 Å². The van der Waals surface area contributed by atoms with Gasteiger partial charge in [0.15, 0.2) is 0 Å². The smallest absolute Gasteiger partial charge is 0.310 e. The van der Waals surface area contributed by atoms with Gasteiger partial charge in [0, 0.05) is 12.6 Å².